The Bertz CT molecular complexity index is 944. The second kappa shape index (κ2) is 7.89. The number of phenolic OH excluding ortho intramolecular Hbond substituents is 1. The molecule has 1 fully saturated rings. The van der Waals surface area contributed by atoms with Gasteiger partial charge in [-0.2, -0.15) is 0 Å². The lowest BCUT2D eigenvalue weighted by atomic mass is 10.2. The van der Waals surface area contributed by atoms with E-state index in [4.69, 9.17) is 12.2 Å². The molecule has 1 saturated heterocycles. The summed E-state index contributed by atoms with van der Waals surface area (Å²) >= 11 is 6.27. The van der Waals surface area contributed by atoms with Crippen LogP contribution in [-0.4, -0.2) is 32.2 Å². The predicted molar refractivity (Wildman–Crippen MR) is 108 cm³/mol. The first-order valence-corrected chi connectivity index (χ1v) is 9.21. The van der Waals surface area contributed by atoms with Gasteiger partial charge in [-0.3, -0.25) is 14.5 Å². The summed E-state index contributed by atoms with van der Waals surface area (Å²) in [5, 5.41) is 12.0. The van der Waals surface area contributed by atoms with Gasteiger partial charge in [0.25, 0.3) is 5.91 Å². The number of hydrogen-bond acceptors (Lipinski definition) is 5. The van der Waals surface area contributed by atoms with Crippen LogP contribution in [0.5, 0.6) is 5.75 Å². The standard InChI is InChI=1S/C19H15FN2O3S2/c1-11(17(24)21-13-6-8-14(23)9-7-13)22-18(25)16(27-19(22)26)10-12-4-2-3-5-15(12)20/h2-11,23H,1H3,(H,21,24)/b16-10-. The van der Waals surface area contributed by atoms with Crippen molar-refractivity contribution in [2.24, 2.45) is 0 Å². The molecule has 0 spiro atoms. The van der Waals surface area contributed by atoms with Crippen molar-refractivity contribution in [3.63, 3.8) is 0 Å². The quantitative estimate of drug-likeness (QED) is 0.463. The topological polar surface area (TPSA) is 69.6 Å². The Balaban J connectivity index is 1.77. The van der Waals surface area contributed by atoms with E-state index in [1.807, 2.05) is 0 Å². The van der Waals surface area contributed by atoms with E-state index in [2.05, 4.69) is 5.32 Å². The lowest BCUT2D eigenvalue weighted by Crippen LogP contribution is -2.44. The first-order valence-electron chi connectivity index (χ1n) is 7.98. The van der Waals surface area contributed by atoms with Crippen molar-refractivity contribution in [2.75, 3.05) is 5.32 Å². The molecule has 0 saturated carbocycles. The zero-order valence-corrected chi connectivity index (χ0v) is 15.8. The third kappa shape index (κ3) is 4.17. The number of amides is 2. The summed E-state index contributed by atoms with van der Waals surface area (Å²) in [6, 6.07) is 11.2. The van der Waals surface area contributed by atoms with Crippen molar-refractivity contribution in [2.45, 2.75) is 13.0 Å². The number of thioether (sulfide) groups is 1. The summed E-state index contributed by atoms with van der Waals surface area (Å²) in [6.45, 7) is 1.56. The second-order valence-electron chi connectivity index (χ2n) is 5.79. The molecular formula is C19H15FN2O3S2. The van der Waals surface area contributed by atoms with Gasteiger partial charge in [-0.1, -0.05) is 42.2 Å². The summed E-state index contributed by atoms with van der Waals surface area (Å²) in [7, 11) is 0. The molecular weight excluding hydrogens is 387 g/mol. The molecule has 8 heteroatoms. The Morgan fingerprint density at radius 2 is 1.93 bits per heavy atom. The van der Waals surface area contributed by atoms with Crippen LogP contribution in [0.2, 0.25) is 0 Å². The van der Waals surface area contributed by atoms with Gasteiger partial charge in [0.2, 0.25) is 5.91 Å². The number of rotatable bonds is 4. The number of halogens is 1. The highest BCUT2D eigenvalue weighted by molar-refractivity contribution is 8.26. The van der Waals surface area contributed by atoms with Crippen molar-refractivity contribution in [3.8, 4) is 5.75 Å². The van der Waals surface area contributed by atoms with Crippen LogP contribution in [-0.2, 0) is 9.59 Å². The Morgan fingerprint density at radius 3 is 2.59 bits per heavy atom. The average Bonchev–Trinajstić information content (AvgIpc) is 2.92. The number of hydrogen-bond donors (Lipinski definition) is 2. The van der Waals surface area contributed by atoms with Crippen molar-refractivity contribution >= 4 is 51.9 Å². The number of phenols is 1. The van der Waals surface area contributed by atoms with E-state index in [1.54, 1.807) is 37.3 Å². The van der Waals surface area contributed by atoms with Crippen molar-refractivity contribution in [3.05, 3.63) is 64.8 Å². The fourth-order valence-corrected chi connectivity index (χ4v) is 3.87. The number of carbonyl (C=O) groups excluding carboxylic acids is 2. The Kier molecular flexibility index (Phi) is 5.57. The summed E-state index contributed by atoms with van der Waals surface area (Å²) < 4.78 is 14.1. The number of anilines is 1. The van der Waals surface area contributed by atoms with Gasteiger partial charge in [-0.15, -0.1) is 0 Å². The molecule has 2 amide bonds. The third-order valence-corrected chi connectivity index (χ3v) is 5.25. The number of thiocarbonyl (C=S) groups is 1. The second-order valence-corrected chi connectivity index (χ2v) is 7.46. The zero-order chi connectivity index (χ0) is 19.6. The van der Waals surface area contributed by atoms with Crippen molar-refractivity contribution in [1.82, 2.24) is 4.90 Å². The molecule has 1 heterocycles. The molecule has 0 radical (unpaired) electrons. The summed E-state index contributed by atoms with van der Waals surface area (Å²) in [6.07, 6.45) is 1.43. The highest BCUT2D eigenvalue weighted by atomic mass is 32.2. The van der Waals surface area contributed by atoms with E-state index in [-0.39, 0.29) is 20.5 Å². The number of nitrogens with one attached hydrogen (secondary N) is 1. The molecule has 0 aromatic heterocycles. The fraction of sp³-hybridized carbons (Fsp3) is 0.105. The Labute approximate surface area is 164 Å². The number of carbonyl (C=O) groups is 2. The monoisotopic (exact) mass is 402 g/mol. The molecule has 2 aromatic carbocycles. The predicted octanol–water partition coefficient (Wildman–Crippen LogP) is 3.76. The number of aromatic hydroxyl groups is 1. The van der Waals surface area contributed by atoms with Crippen molar-refractivity contribution < 1.29 is 19.1 Å². The van der Waals surface area contributed by atoms with E-state index in [1.165, 1.54) is 29.2 Å². The molecule has 0 aliphatic carbocycles. The molecule has 27 heavy (non-hydrogen) atoms. The molecule has 0 bridgehead atoms. The first-order chi connectivity index (χ1) is 12.9. The molecule has 3 rings (SSSR count). The summed E-state index contributed by atoms with van der Waals surface area (Å²) in [4.78, 5) is 26.6. The average molecular weight is 402 g/mol. The van der Waals surface area contributed by atoms with Crippen LogP contribution >= 0.6 is 24.0 Å². The van der Waals surface area contributed by atoms with Gasteiger partial charge < -0.3 is 10.4 Å². The van der Waals surface area contributed by atoms with Crippen LogP contribution in [0.15, 0.2) is 53.4 Å². The van der Waals surface area contributed by atoms with Gasteiger partial charge >= 0.3 is 0 Å². The van der Waals surface area contributed by atoms with Crippen LogP contribution < -0.4 is 5.32 Å². The minimum absolute atomic E-state index is 0.0799. The van der Waals surface area contributed by atoms with Gasteiger partial charge in [0, 0.05) is 11.3 Å². The minimum Gasteiger partial charge on any atom is -0.508 e. The van der Waals surface area contributed by atoms with Crippen molar-refractivity contribution in [1.29, 1.82) is 0 Å². The molecule has 5 nitrogen and oxygen atoms in total. The lowest BCUT2D eigenvalue weighted by molar-refractivity contribution is -0.129. The molecule has 1 atom stereocenters. The van der Waals surface area contributed by atoms with Crippen LogP contribution in [0.3, 0.4) is 0 Å². The molecule has 1 unspecified atom stereocenters. The number of benzene rings is 2. The lowest BCUT2D eigenvalue weighted by Gasteiger charge is -2.22. The maximum absolute atomic E-state index is 13.8. The highest BCUT2D eigenvalue weighted by Gasteiger charge is 2.38. The third-order valence-electron chi connectivity index (χ3n) is 3.92. The van der Waals surface area contributed by atoms with Gasteiger partial charge in [0.05, 0.1) is 4.91 Å². The fourth-order valence-electron chi connectivity index (χ4n) is 2.46. The highest BCUT2D eigenvalue weighted by Crippen LogP contribution is 2.34. The van der Waals surface area contributed by atoms with Gasteiger partial charge in [-0.05, 0) is 43.3 Å². The van der Waals surface area contributed by atoms with Gasteiger partial charge in [-0.25, -0.2) is 4.39 Å². The normalized spacial score (nSPS) is 16.7. The van der Waals surface area contributed by atoms with E-state index in [0.29, 0.717) is 5.69 Å². The largest absolute Gasteiger partial charge is 0.508 e. The zero-order valence-electron chi connectivity index (χ0n) is 14.2. The molecule has 2 N–H and O–H groups in total. The SMILES string of the molecule is CC(C(=O)Nc1ccc(O)cc1)N1C(=O)/C(=C/c2ccccc2F)SC1=S. The smallest absolute Gasteiger partial charge is 0.266 e. The molecule has 2 aromatic rings. The molecule has 138 valence electrons. The maximum atomic E-state index is 13.8. The van der Waals surface area contributed by atoms with Crippen LogP contribution in [0.25, 0.3) is 6.08 Å². The van der Waals surface area contributed by atoms with E-state index in [0.717, 1.165) is 11.8 Å². The number of nitrogens with zero attached hydrogens (tertiary/aromatic N) is 1. The minimum atomic E-state index is -0.849. The molecule has 1 aliphatic rings. The summed E-state index contributed by atoms with van der Waals surface area (Å²) in [5.74, 6) is -1.23. The van der Waals surface area contributed by atoms with Gasteiger partial charge in [0.15, 0.2) is 0 Å². The van der Waals surface area contributed by atoms with Crippen LogP contribution in [0.4, 0.5) is 10.1 Å². The van der Waals surface area contributed by atoms with E-state index >= 15 is 0 Å². The van der Waals surface area contributed by atoms with Gasteiger partial charge in [0.1, 0.15) is 21.9 Å². The van der Waals surface area contributed by atoms with Crippen LogP contribution in [0, 0.1) is 5.82 Å². The molecule has 1 aliphatic heterocycles. The summed E-state index contributed by atoms with van der Waals surface area (Å²) in [5.41, 5.74) is 0.760. The Morgan fingerprint density at radius 1 is 1.26 bits per heavy atom. The van der Waals surface area contributed by atoms with E-state index in [9.17, 15) is 19.1 Å². The maximum Gasteiger partial charge on any atom is 0.266 e. The Hall–Kier alpha value is -2.71. The van der Waals surface area contributed by atoms with E-state index < -0.39 is 23.7 Å². The first kappa shape index (κ1) is 19.1. The van der Waals surface area contributed by atoms with Crippen LogP contribution in [0.1, 0.15) is 12.5 Å².